The summed E-state index contributed by atoms with van der Waals surface area (Å²) >= 11 is 0. The maximum Gasteiger partial charge on any atom is 0.151 e. The molecule has 0 amide bonds. The lowest BCUT2D eigenvalue weighted by atomic mass is 9.71. The van der Waals surface area contributed by atoms with Gasteiger partial charge in [-0.05, 0) is 25.2 Å². The Labute approximate surface area is 72.3 Å². The van der Waals surface area contributed by atoms with Gasteiger partial charge in [-0.25, -0.2) is 0 Å². The minimum atomic E-state index is -0.575. The molecule has 12 heavy (non-hydrogen) atoms. The van der Waals surface area contributed by atoms with Crippen molar-refractivity contribution < 1.29 is 9.59 Å². The molecule has 2 bridgehead atoms. The van der Waals surface area contributed by atoms with Crippen LogP contribution in [0.2, 0.25) is 0 Å². The maximum absolute atomic E-state index is 11.8. The Kier molecular flexibility index (Phi) is 1.31. The number of fused-ring (bicyclic) bond motifs is 2. The molecule has 2 heteroatoms. The van der Waals surface area contributed by atoms with Crippen molar-refractivity contribution in [2.75, 3.05) is 0 Å². The van der Waals surface area contributed by atoms with E-state index in [1.807, 2.05) is 13.8 Å². The summed E-state index contributed by atoms with van der Waals surface area (Å²) in [6.45, 7) is 3.95. The standard InChI is InChI=1S/C10H14O2/c1-9(2)7-3-4-10(5-7,6-11)8(9)12/h6-7H,3-5H2,1-2H3. The minimum Gasteiger partial charge on any atom is -0.302 e. The topological polar surface area (TPSA) is 34.1 Å². The summed E-state index contributed by atoms with van der Waals surface area (Å²) in [5, 5.41) is 0. The molecule has 2 rings (SSSR count). The van der Waals surface area contributed by atoms with Crippen molar-refractivity contribution in [3.63, 3.8) is 0 Å². The van der Waals surface area contributed by atoms with Crippen molar-refractivity contribution in [1.82, 2.24) is 0 Å². The van der Waals surface area contributed by atoms with Gasteiger partial charge >= 0.3 is 0 Å². The number of Topliss-reactive ketones (excluding diaryl/α,β-unsaturated/α-hetero) is 1. The normalized spacial score (nSPS) is 43.5. The van der Waals surface area contributed by atoms with Gasteiger partial charge in [-0.15, -0.1) is 0 Å². The third-order valence-corrected chi connectivity index (χ3v) is 3.83. The summed E-state index contributed by atoms with van der Waals surface area (Å²) < 4.78 is 0. The van der Waals surface area contributed by atoms with Gasteiger partial charge in [0.25, 0.3) is 0 Å². The van der Waals surface area contributed by atoms with Crippen LogP contribution < -0.4 is 0 Å². The van der Waals surface area contributed by atoms with E-state index in [1.54, 1.807) is 0 Å². The number of ketones is 1. The molecule has 66 valence electrons. The first kappa shape index (κ1) is 7.96. The molecular weight excluding hydrogens is 152 g/mol. The summed E-state index contributed by atoms with van der Waals surface area (Å²) in [6, 6.07) is 0. The second kappa shape index (κ2) is 1.98. The molecule has 2 nitrogen and oxygen atoms in total. The fraction of sp³-hybridized carbons (Fsp3) is 0.800. The van der Waals surface area contributed by atoms with Gasteiger partial charge in [-0.2, -0.15) is 0 Å². The fourth-order valence-corrected chi connectivity index (χ4v) is 2.89. The quantitative estimate of drug-likeness (QED) is 0.438. The summed E-state index contributed by atoms with van der Waals surface area (Å²) in [5.74, 6) is 0.636. The van der Waals surface area contributed by atoms with Gasteiger partial charge in [0.05, 0.1) is 5.41 Å². The van der Waals surface area contributed by atoms with E-state index in [-0.39, 0.29) is 11.2 Å². The van der Waals surface area contributed by atoms with Crippen LogP contribution >= 0.6 is 0 Å². The molecule has 0 aromatic carbocycles. The maximum atomic E-state index is 11.8. The van der Waals surface area contributed by atoms with E-state index in [9.17, 15) is 9.59 Å². The Morgan fingerprint density at radius 2 is 2.17 bits per heavy atom. The van der Waals surface area contributed by atoms with Crippen LogP contribution in [0.3, 0.4) is 0 Å². The van der Waals surface area contributed by atoms with Crippen molar-refractivity contribution in [3.8, 4) is 0 Å². The number of aldehydes is 1. The largest absolute Gasteiger partial charge is 0.302 e. The SMILES string of the molecule is CC1(C)C(=O)C2(C=O)CCC1C2. The van der Waals surface area contributed by atoms with Gasteiger partial charge in [0.15, 0.2) is 5.78 Å². The van der Waals surface area contributed by atoms with Crippen LogP contribution in [0.15, 0.2) is 0 Å². The van der Waals surface area contributed by atoms with Gasteiger partial charge < -0.3 is 4.79 Å². The summed E-state index contributed by atoms with van der Waals surface area (Å²) in [6.07, 6.45) is 3.55. The highest BCUT2D eigenvalue weighted by Gasteiger charge is 2.61. The lowest BCUT2D eigenvalue weighted by Gasteiger charge is -2.30. The van der Waals surface area contributed by atoms with Crippen LogP contribution in [0.1, 0.15) is 33.1 Å². The lowest BCUT2D eigenvalue weighted by Crippen LogP contribution is -2.37. The molecule has 0 radical (unpaired) electrons. The first-order chi connectivity index (χ1) is 5.53. The molecule has 2 aliphatic carbocycles. The van der Waals surface area contributed by atoms with Crippen LogP contribution in [0.25, 0.3) is 0 Å². The van der Waals surface area contributed by atoms with Crippen molar-refractivity contribution in [3.05, 3.63) is 0 Å². The Morgan fingerprint density at radius 1 is 1.50 bits per heavy atom. The molecule has 0 aliphatic heterocycles. The summed E-state index contributed by atoms with van der Waals surface area (Å²) in [4.78, 5) is 22.7. The van der Waals surface area contributed by atoms with Gasteiger partial charge in [-0.1, -0.05) is 13.8 Å². The van der Waals surface area contributed by atoms with Crippen LogP contribution in [-0.2, 0) is 9.59 Å². The highest BCUT2D eigenvalue weighted by atomic mass is 16.1. The molecule has 2 atom stereocenters. The van der Waals surface area contributed by atoms with Gasteiger partial charge in [0, 0.05) is 5.41 Å². The van der Waals surface area contributed by atoms with E-state index in [0.29, 0.717) is 5.92 Å². The van der Waals surface area contributed by atoms with E-state index in [1.165, 1.54) is 0 Å². The zero-order valence-corrected chi connectivity index (χ0v) is 7.59. The summed E-state index contributed by atoms with van der Waals surface area (Å²) in [7, 11) is 0. The highest BCUT2D eigenvalue weighted by molar-refractivity contribution is 6.04. The van der Waals surface area contributed by atoms with Crippen molar-refractivity contribution in [2.45, 2.75) is 33.1 Å². The van der Waals surface area contributed by atoms with Crippen LogP contribution in [0.5, 0.6) is 0 Å². The average Bonchev–Trinajstić information content (AvgIpc) is 2.53. The third-order valence-electron chi connectivity index (χ3n) is 3.83. The molecule has 0 heterocycles. The number of carbonyl (C=O) groups is 2. The Bertz CT molecular complexity index is 255. The molecule has 2 saturated carbocycles. The molecule has 0 spiro atoms. The van der Waals surface area contributed by atoms with Gasteiger partial charge in [-0.3, -0.25) is 4.79 Å². The van der Waals surface area contributed by atoms with E-state index < -0.39 is 5.41 Å². The molecule has 0 aromatic rings. The van der Waals surface area contributed by atoms with Crippen molar-refractivity contribution in [2.24, 2.45) is 16.7 Å². The van der Waals surface area contributed by atoms with Gasteiger partial charge in [0.1, 0.15) is 6.29 Å². The van der Waals surface area contributed by atoms with Crippen LogP contribution in [0.4, 0.5) is 0 Å². The second-order valence-electron chi connectivity index (χ2n) is 4.76. The molecular formula is C10H14O2. The Hall–Kier alpha value is -0.660. The molecule has 0 N–H and O–H groups in total. The van der Waals surface area contributed by atoms with E-state index in [0.717, 1.165) is 25.5 Å². The first-order valence-electron chi connectivity index (χ1n) is 4.54. The first-order valence-corrected chi connectivity index (χ1v) is 4.54. The van der Waals surface area contributed by atoms with E-state index in [2.05, 4.69) is 0 Å². The number of hydrogen-bond acceptors (Lipinski definition) is 2. The summed E-state index contributed by atoms with van der Waals surface area (Å²) in [5.41, 5.74) is -0.812. The highest BCUT2D eigenvalue weighted by Crippen LogP contribution is 2.58. The predicted molar refractivity (Wildman–Crippen MR) is 44.6 cm³/mol. The second-order valence-corrected chi connectivity index (χ2v) is 4.76. The molecule has 0 aromatic heterocycles. The predicted octanol–water partition coefficient (Wildman–Crippen LogP) is 1.58. The molecule has 0 saturated heterocycles. The van der Waals surface area contributed by atoms with Gasteiger partial charge in [0.2, 0.25) is 0 Å². The van der Waals surface area contributed by atoms with E-state index in [4.69, 9.17) is 0 Å². The van der Waals surface area contributed by atoms with Crippen molar-refractivity contribution >= 4 is 12.1 Å². The van der Waals surface area contributed by atoms with Crippen LogP contribution in [0, 0.1) is 16.7 Å². The lowest BCUT2D eigenvalue weighted by molar-refractivity contribution is -0.139. The zero-order valence-electron chi connectivity index (χ0n) is 7.59. The third kappa shape index (κ3) is 0.661. The minimum absolute atomic E-state index is 0.182. The average molecular weight is 166 g/mol. The zero-order chi connectivity index (χ0) is 8.98. The number of hydrogen-bond donors (Lipinski definition) is 0. The molecule has 2 fully saturated rings. The smallest absolute Gasteiger partial charge is 0.151 e. The Morgan fingerprint density at radius 3 is 2.50 bits per heavy atom. The Balaban J connectivity index is 2.44. The number of rotatable bonds is 1. The van der Waals surface area contributed by atoms with E-state index >= 15 is 0 Å². The number of carbonyl (C=O) groups excluding carboxylic acids is 2. The molecule has 2 unspecified atom stereocenters. The van der Waals surface area contributed by atoms with Crippen LogP contribution in [-0.4, -0.2) is 12.1 Å². The van der Waals surface area contributed by atoms with Crippen molar-refractivity contribution in [1.29, 1.82) is 0 Å². The monoisotopic (exact) mass is 166 g/mol. The fourth-order valence-electron chi connectivity index (χ4n) is 2.89. The molecule has 2 aliphatic rings.